The summed E-state index contributed by atoms with van der Waals surface area (Å²) >= 11 is 0. The number of para-hydroxylation sites is 1. The van der Waals surface area contributed by atoms with E-state index < -0.39 is 5.66 Å². The van der Waals surface area contributed by atoms with Crippen molar-refractivity contribution >= 4 is 11.6 Å². The van der Waals surface area contributed by atoms with Gasteiger partial charge in [-0.15, -0.1) is 0 Å². The standard InChI is InChI=1S/C26H33N3O3/c1-5-32-24-8-6-7-21(25(24)31)23-16-22(20-10-9-17(2)18(3)15-20)27-26(28-23)11-13-29(14-12-26)19(4)30/h6-10,15,23,28,31H,5,11-14,16H2,1-4H3/t23-/m1/s1. The summed E-state index contributed by atoms with van der Waals surface area (Å²) in [5.74, 6) is 0.791. The Balaban J connectivity index is 1.73. The molecule has 2 aliphatic rings. The van der Waals surface area contributed by atoms with Crippen LogP contribution < -0.4 is 10.1 Å². The van der Waals surface area contributed by atoms with Gasteiger partial charge in [0, 0.05) is 56.6 Å². The van der Waals surface area contributed by atoms with E-state index in [1.807, 2.05) is 24.0 Å². The SMILES string of the molecule is CCOc1cccc([C@H]2CC(c3ccc(C)c(C)c3)=NC3(CCN(C(C)=O)CC3)N2)c1O. The van der Waals surface area contributed by atoms with Crippen LogP contribution in [-0.4, -0.2) is 47.0 Å². The number of aliphatic imine (C=N–C) groups is 1. The smallest absolute Gasteiger partial charge is 0.219 e. The lowest BCUT2D eigenvalue weighted by molar-refractivity contribution is -0.130. The maximum Gasteiger partial charge on any atom is 0.219 e. The highest BCUT2D eigenvalue weighted by Crippen LogP contribution is 2.40. The number of carbonyl (C=O) groups excluding carboxylic acids is 1. The minimum absolute atomic E-state index is 0.103. The van der Waals surface area contributed by atoms with Crippen LogP contribution in [0.2, 0.25) is 0 Å². The molecule has 1 spiro atoms. The van der Waals surface area contributed by atoms with E-state index in [1.165, 1.54) is 11.1 Å². The Morgan fingerprint density at radius 1 is 1.22 bits per heavy atom. The number of nitrogens with one attached hydrogen (secondary N) is 1. The molecule has 0 bridgehead atoms. The van der Waals surface area contributed by atoms with Gasteiger partial charge in [-0.05, 0) is 49.6 Å². The van der Waals surface area contributed by atoms with E-state index in [9.17, 15) is 9.90 Å². The number of benzene rings is 2. The predicted molar refractivity (Wildman–Crippen MR) is 126 cm³/mol. The second kappa shape index (κ2) is 8.94. The number of carbonyl (C=O) groups is 1. The van der Waals surface area contributed by atoms with Crippen molar-refractivity contribution in [2.75, 3.05) is 19.7 Å². The molecule has 1 fully saturated rings. The van der Waals surface area contributed by atoms with Gasteiger partial charge in [-0.1, -0.05) is 24.3 Å². The highest BCUT2D eigenvalue weighted by molar-refractivity contribution is 6.02. The number of likely N-dealkylation sites (tertiary alicyclic amines) is 1. The molecule has 1 atom stereocenters. The maximum atomic E-state index is 11.9. The predicted octanol–water partition coefficient (Wildman–Crippen LogP) is 4.27. The normalized spacial score (nSPS) is 20.2. The molecule has 0 radical (unpaired) electrons. The summed E-state index contributed by atoms with van der Waals surface area (Å²) in [6.45, 7) is 9.60. The minimum Gasteiger partial charge on any atom is -0.504 e. The van der Waals surface area contributed by atoms with Gasteiger partial charge in [0.25, 0.3) is 0 Å². The van der Waals surface area contributed by atoms with Gasteiger partial charge in [0.1, 0.15) is 5.66 Å². The largest absolute Gasteiger partial charge is 0.504 e. The van der Waals surface area contributed by atoms with Gasteiger partial charge in [-0.3, -0.25) is 15.1 Å². The summed E-state index contributed by atoms with van der Waals surface area (Å²) in [4.78, 5) is 19.0. The first-order valence-electron chi connectivity index (χ1n) is 11.5. The Hall–Kier alpha value is -2.86. The molecular weight excluding hydrogens is 402 g/mol. The molecule has 2 N–H and O–H groups in total. The number of hydrogen-bond donors (Lipinski definition) is 2. The molecule has 2 heterocycles. The van der Waals surface area contributed by atoms with Crippen LogP contribution in [-0.2, 0) is 4.79 Å². The van der Waals surface area contributed by atoms with Crippen LogP contribution in [0.4, 0.5) is 0 Å². The van der Waals surface area contributed by atoms with Crippen molar-refractivity contribution in [3.63, 3.8) is 0 Å². The lowest BCUT2D eigenvalue weighted by Gasteiger charge is -2.45. The molecule has 2 aromatic carbocycles. The van der Waals surface area contributed by atoms with Crippen LogP contribution >= 0.6 is 0 Å². The van der Waals surface area contributed by atoms with Crippen molar-refractivity contribution in [1.29, 1.82) is 0 Å². The van der Waals surface area contributed by atoms with E-state index in [1.54, 1.807) is 13.0 Å². The lowest BCUT2D eigenvalue weighted by Crippen LogP contribution is -2.56. The molecule has 0 aliphatic carbocycles. The lowest BCUT2D eigenvalue weighted by atomic mass is 9.87. The van der Waals surface area contributed by atoms with Gasteiger partial charge in [0.05, 0.1) is 6.61 Å². The molecule has 2 aliphatic heterocycles. The molecule has 170 valence electrons. The number of phenolic OH excluding ortho intramolecular Hbond substituents is 1. The number of rotatable bonds is 4. The fourth-order valence-electron chi connectivity index (χ4n) is 4.74. The molecule has 0 saturated carbocycles. The maximum absolute atomic E-state index is 11.9. The highest BCUT2D eigenvalue weighted by Gasteiger charge is 2.41. The van der Waals surface area contributed by atoms with Crippen LogP contribution in [0.25, 0.3) is 0 Å². The molecule has 6 heteroatoms. The van der Waals surface area contributed by atoms with Gasteiger partial charge in [-0.2, -0.15) is 0 Å². The molecular formula is C26H33N3O3. The average Bonchev–Trinajstić information content (AvgIpc) is 2.77. The second-order valence-electron chi connectivity index (χ2n) is 8.92. The van der Waals surface area contributed by atoms with Crippen molar-refractivity contribution in [2.45, 2.75) is 58.7 Å². The van der Waals surface area contributed by atoms with E-state index in [4.69, 9.17) is 9.73 Å². The third-order valence-corrected chi connectivity index (χ3v) is 6.77. The van der Waals surface area contributed by atoms with E-state index in [0.29, 0.717) is 31.9 Å². The number of hydrogen-bond acceptors (Lipinski definition) is 5. The van der Waals surface area contributed by atoms with Crippen molar-refractivity contribution in [3.8, 4) is 11.5 Å². The Kier molecular flexibility index (Phi) is 6.24. The van der Waals surface area contributed by atoms with Crippen molar-refractivity contribution in [1.82, 2.24) is 10.2 Å². The highest BCUT2D eigenvalue weighted by atomic mass is 16.5. The zero-order valence-corrected chi connectivity index (χ0v) is 19.4. The quantitative estimate of drug-likeness (QED) is 0.752. The second-order valence-corrected chi connectivity index (χ2v) is 8.92. The number of phenols is 1. The number of aryl methyl sites for hydroxylation is 2. The molecule has 1 saturated heterocycles. The van der Waals surface area contributed by atoms with Crippen molar-refractivity contribution in [2.24, 2.45) is 4.99 Å². The minimum atomic E-state index is -0.461. The van der Waals surface area contributed by atoms with Gasteiger partial charge in [-0.25, -0.2) is 0 Å². The third kappa shape index (κ3) is 4.37. The number of amides is 1. The Morgan fingerprint density at radius 2 is 1.97 bits per heavy atom. The van der Waals surface area contributed by atoms with Crippen LogP contribution in [0.3, 0.4) is 0 Å². The summed E-state index contributed by atoms with van der Waals surface area (Å²) in [5, 5.41) is 14.7. The van der Waals surface area contributed by atoms with E-state index >= 15 is 0 Å². The number of nitrogens with zero attached hydrogens (tertiary/aromatic N) is 2. The molecule has 0 aromatic heterocycles. The van der Waals surface area contributed by atoms with Crippen LogP contribution in [0.1, 0.15) is 61.4 Å². The summed E-state index contributed by atoms with van der Waals surface area (Å²) in [6.07, 6.45) is 2.15. The van der Waals surface area contributed by atoms with Gasteiger partial charge in [0.15, 0.2) is 11.5 Å². The van der Waals surface area contributed by atoms with Crippen LogP contribution in [0, 0.1) is 13.8 Å². The number of piperidine rings is 1. The van der Waals surface area contributed by atoms with Gasteiger partial charge >= 0.3 is 0 Å². The van der Waals surface area contributed by atoms with Gasteiger partial charge in [0.2, 0.25) is 5.91 Å². The summed E-state index contributed by atoms with van der Waals surface area (Å²) in [7, 11) is 0. The molecule has 6 nitrogen and oxygen atoms in total. The summed E-state index contributed by atoms with van der Waals surface area (Å²) in [5.41, 5.74) is 5.01. The number of ether oxygens (including phenoxy) is 1. The number of aromatic hydroxyl groups is 1. The first-order valence-corrected chi connectivity index (χ1v) is 11.5. The Morgan fingerprint density at radius 3 is 2.62 bits per heavy atom. The Bertz CT molecular complexity index is 1040. The fourth-order valence-corrected chi connectivity index (χ4v) is 4.74. The van der Waals surface area contributed by atoms with E-state index in [0.717, 1.165) is 29.7 Å². The summed E-state index contributed by atoms with van der Waals surface area (Å²) < 4.78 is 5.63. The zero-order chi connectivity index (χ0) is 22.9. The molecule has 4 rings (SSSR count). The first-order chi connectivity index (χ1) is 15.3. The fraction of sp³-hybridized carbons (Fsp3) is 0.462. The van der Waals surface area contributed by atoms with Crippen molar-refractivity contribution < 1.29 is 14.6 Å². The van der Waals surface area contributed by atoms with Crippen LogP contribution in [0.15, 0.2) is 41.4 Å². The average molecular weight is 436 g/mol. The monoisotopic (exact) mass is 435 g/mol. The van der Waals surface area contributed by atoms with Gasteiger partial charge < -0.3 is 14.7 Å². The van der Waals surface area contributed by atoms with E-state index in [-0.39, 0.29) is 17.7 Å². The third-order valence-electron chi connectivity index (χ3n) is 6.77. The molecule has 2 aromatic rings. The van der Waals surface area contributed by atoms with Crippen LogP contribution in [0.5, 0.6) is 11.5 Å². The molecule has 32 heavy (non-hydrogen) atoms. The Labute approximate surface area is 190 Å². The molecule has 1 amide bonds. The molecule has 0 unspecified atom stereocenters. The zero-order valence-electron chi connectivity index (χ0n) is 19.4. The van der Waals surface area contributed by atoms with E-state index in [2.05, 4.69) is 37.4 Å². The first kappa shape index (κ1) is 22.3. The summed E-state index contributed by atoms with van der Waals surface area (Å²) in [6, 6.07) is 12.1. The van der Waals surface area contributed by atoms with Crippen molar-refractivity contribution in [3.05, 3.63) is 58.7 Å². The topological polar surface area (TPSA) is 74.2 Å².